The first kappa shape index (κ1) is 18.0. The van der Waals surface area contributed by atoms with Gasteiger partial charge in [0.15, 0.2) is 0 Å². The molecule has 0 bridgehead atoms. The molecule has 2 amide bonds. The standard InChI is InChI=1S/C14H20N2O5S.2H2/c1-14(2,3)21-13(18)15-10-9-12(17)16-22(19,20)11-7-5-4-6-8-11;;/h4-8H,9-10H2,1-3H3,(H,15,18)(H,16,17);2*1H. The van der Waals surface area contributed by atoms with Crippen molar-refractivity contribution in [2.24, 2.45) is 0 Å². The lowest BCUT2D eigenvalue weighted by Crippen LogP contribution is -2.36. The van der Waals surface area contributed by atoms with Crippen LogP contribution < -0.4 is 10.0 Å². The van der Waals surface area contributed by atoms with Crippen LogP contribution >= 0.6 is 0 Å². The number of rotatable bonds is 5. The van der Waals surface area contributed by atoms with Crippen LogP contribution in [0.5, 0.6) is 0 Å². The molecule has 0 saturated carbocycles. The van der Waals surface area contributed by atoms with Crippen LogP contribution in [0.2, 0.25) is 0 Å². The number of hydrogen-bond donors (Lipinski definition) is 2. The second-order valence-electron chi connectivity index (χ2n) is 5.52. The summed E-state index contributed by atoms with van der Waals surface area (Å²) in [4.78, 5) is 23.0. The van der Waals surface area contributed by atoms with Crippen LogP contribution in [0.1, 0.15) is 30.0 Å². The molecule has 0 unspecified atom stereocenters. The Morgan fingerprint density at radius 3 is 2.32 bits per heavy atom. The van der Waals surface area contributed by atoms with Crippen molar-refractivity contribution in [3.8, 4) is 0 Å². The molecule has 1 aromatic rings. The molecule has 0 atom stereocenters. The number of nitrogens with one attached hydrogen (secondary N) is 2. The third-order valence-electron chi connectivity index (χ3n) is 2.32. The Morgan fingerprint density at radius 1 is 1.18 bits per heavy atom. The lowest BCUT2D eigenvalue weighted by molar-refractivity contribution is -0.119. The topological polar surface area (TPSA) is 102 Å². The number of alkyl carbamates (subject to hydrolysis) is 1. The van der Waals surface area contributed by atoms with E-state index in [9.17, 15) is 18.0 Å². The van der Waals surface area contributed by atoms with Crippen LogP contribution in [0.4, 0.5) is 4.79 Å². The third kappa shape index (κ3) is 6.57. The maximum atomic E-state index is 11.9. The van der Waals surface area contributed by atoms with Crippen molar-refractivity contribution in [3.05, 3.63) is 30.3 Å². The summed E-state index contributed by atoms with van der Waals surface area (Å²) in [5, 5.41) is 2.38. The highest BCUT2D eigenvalue weighted by Crippen LogP contribution is 2.07. The fourth-order valence-corrected chi connectivity index (χ4v) is 2.49. The van der Waals surface area contributed by atoms with Gasteiger partial charge in [0.2, 0.25) is 5.91 Å². The van der Waals surface area contributed by atoms with Crippen LogP contribution in [0.15, 0.2) is 35.2 Å². The van der Waals surface area contributed by atoms with Gasteiger partial charge >= 0.3 is 6.09 Å². The van der Waals surface area contributed by atoms with Crippen molar-refractivity contribution in [1.82, 2.24) is 10.0 Å². The van der Waals surface area contributed by atoms with E-state index in [0.29, 0.717) is 0 Å². The lowest BCUT2D eigenvalue weighted by Gasteiger charge is -2.19. The van der Waals surface area contributed by atoms with Crippen LogP contribution in [0.25, 0.3) is 0 Å². The molecule has 2 N–H and O–H groups in total. The number of amides is 2. The molecule has 0 aromatic heterocycles. The third-order valence-corrected chi connectivity index (χ3v) is 3.71. The van der Waals surface area contributed by atoms with E-state index in [4.69, 9.17) is 4.74 Å². The van der Waals surface area contributed by atoms with Gasteiger partial charge in [0, 0.05) is 15.8 Å². The molecule has 0 fully saturated rings. The Hall–Kier alpha value is -2.09. The van der Waals surface area contributed by atoms with Gasteiger partial charge in [-0.25, -0.2) is 17.9 Å². The molecule has 0 aliphatic carbocycles. The number of carbonyl (C=O) groups is 2. The van der Waals surface area contributed by atoms with Gasteiger partial charge in [-0.3, -0.25) is 4.79 Å². The van der Waals surface area contributed by atoms with E-state index in [1.165, 1.54) is 12.1 Å². The minimum absolute atomic E-state index is 0. The SMILES string of the molecule is CC(C)(C)OC(=O)NCCC(=O)NS(=O)(=O)c1ccccc1.[HH].[HH]. The smallest absolute Gasteiger partial charge is 0.407 e. The number of hydrogen-bond acceptors (Lipinski definition) is 5. The predicted octanol–water partition coefficient (Wildman–Crippen LogP) is 1.90. The van der Waals surface area contributed by atoms with Crippen LogP contribution in [0, 0.1) is 0 Å². The molecule has 1 rings (SSSR count). The number of carbonyl (C=O) groups excluding carboxylic acids is 2. The highest BCUT2D eigenvalue weighted by Gasteiger charge is 2.18. The highest BCUT2D eigenvalue weighted by molar-refractivity contribution is 7.90. The normalized spacial score (nSPS) is 11.6. The zero-order chi connectivity index (χ0) is 16.8. The van der Waals surface area contributed by atoms with E-state index in [2.05, 4.69) is 5.32 Å². The monoisotopic (exact) mass is 332 g/mol. The van der Waals surface area contributed by atoms with Gasteiger partial charge in [-0.15, -0.1) is 0 Å². The van der Waals surface area contributed by atoms with Crippen molar-refractivity contribution in [3.63, 3.8) is 0 Å². The lowest BCUT2D eigenvalue weighted by atomic mass is 10.2. The molecule has 0 aliphatic heterocycles. The van der Waals surface area contributed by atoms with Crippen LogP contribution in [-0.4, -0.2) is 32.6 Å². The van der Waals surface area contributed by atoms with E-state index in [1.807, 2.05) is 4.72 Å². The largest absolute Gasteiger partial charge is 0.444 e. The molecule has 0 heterocycles. The minimum Gasteiger partial charge on any atom is -0.444 e. The quantitative estimate of drug-likeness (QED) is 0.857. The average Bonchev–Trinajstić information content (AvgIpc) is 2.37. The van der Waals surface area contributed by atoms with Gasteiger partial charge < -0.3 is 10.1 Å². The van der Waals surface area contributed by atoms with Gasteiger partial charge in [-0.05, 0) is 32.9 Å². The molecular formula is C14H24N2O5S. The number of benzene rings is 1. The molecule has 0 radical (unpaired) electrons. The fraction of sp³-hybridized carbons (Fsp3) is 0.429. The second kappa shape index (κ2) is 7.26. The Morgan fingerprint density at radius 2 is 1.77 bits per heavy atom. The molecule has 0 aliphatic rings. The maximum absolute atomic E-state index is 11.9. The number of ether oxygens (including phenoxy) is 1. The summed E-state index contributed by atoms with van der Waals surface area (Å²) in [7, 11) is -3.88. The average molecular weight is 332 g/mol. The summed E-state index contributed by atoms with van der Waals surface area (Å²) in [5.41, 5.74) is -0.636. The summed E-state index contributed by atoms with van der Waals surface area (Å²) in [6.07, 6.45) is -0.836. The summed E-state index contributed by atoms with van der Waals surface area (Å²) in [6, 6.07) is 7.56. The first-order chi connectivity index (χ1) is 10.1. The molecular weight excluding hydrogens is 308 g/mol. The van der Waals surface area contributed by atoms with Crippen LogP contribution in [0.3, 0.4) is 0 Å². The molecule has 7 nitrogen and oxygen atoms in total. The first-order valence-corrected chi connectivity index (χ1v) is 8.16. The Balaban J connectivity index is 0. The van der Waals surface area contributed by atoms with Gasteiger partial charge in [0.05, 0.1) is 4.90 Å². The van der Waals surface area contributed by atoms with Gasteiger partial charge in [-0.2, -0.15) is 0 Å². The minimum atomic E-state index is -3.88. The summed E-state index contributed by atoms with van der Waals surface area (Å²) < 4.78 is 30.7. The van der Waals surface area contributed by atoms with E-state index in [-0.39, 0.29) is 20.7 Å². The van der Waals surface area contributed by atoms with Crippen molar-refractivity contribution < 1.29 is 25.6 Å². The van der Waals surface area contributed by atoms with Gasteiger partial charge in [0.1, 0.15) is 5.60 Å². The van der Waals surface area contributed by atoms with E-state index in [1.54, 1.807) is 39.0 Å². The molecule has 1 aromatic carbocycles. The summed E-state index contributed by atoms with van der Waals surface area (Å²) >= 11 is 0. The summed E-state index contributed by atoms with van der Waals surface area (Å²) in [5.74, 6) is -0.708. The summed E-state index contributed by atoms with van der Waals surface area (Å²) in [6.45, 7) is 5.12. The van der Waals surface area contributed by atoms with E-state index >= 15 is 0 Å². The van der Waals surface area contributed by atoms with Crippen molar-refractivity contribution in [1.29, 1.82) is 0 Å². The van der Waals surface area contributed by atoms with E-state index < -0.39 is 27.6 Å². The second-order valence-corrected chi connectivity index (χ2v) is 7.20. The Kier molecular flexibility index (Phi) is 5.92. The van der Waals surface area contributed by atoms with E-state index in [0.717, 1.165) is 0 Å². The van der Waals surface area contributed by atoms with Gasteiger partial charge in [-0.1, -0.05) is 18.2 Å². The molecule has 8 heteroatoms. The Labute approximate surface area is 133 Å². The molecule has 0 saturated heterocycles. The highest BCUT2D eigenvalue weighted by atomic mass is 32.2. The van der Waals surface area contributed by atoms with Crippen molar-refractivity contribution in [2.75, 3.05) is 6.54 Å². The first-order valence-electron chi connectivity index (χ1n) is 6.68. The zero-order valence-corrected chi connectivity index (χ0v) is 13.6. The molecule has 126 valence electrons. The molecule has 0 spiro atoms. The zero-order valence-electron chi connectivity index (χ0n) is 12.8. The van der Waals surface area contributed by atoms with Gasteiger partial charge in [0.25, 0.3) is 10.0 Å². The predicted molar refractivity (Wildman–Crippen MR) is 84.9 cm³/mol. The fourth-order valence-electron chi connectivity index (χ4n) is 1.45. The maximum Gasteiger partial charge on any atom is 0.407 e. The van der Waals surface area contributed by atoms with Crippen LogP contribution in [-0.2, 0) is 19.6 Å². The van der Waals surface area contributed by atoms with Crippen molar-refractivity contribution in [2.45, 2.75) is 37.7 Å². The number of sulfonamides is 1. The van der Waals surface area contributed by atoms with Crippen molar-refractivity contribution >= 4 is 22.0 Å². The Bertz CT molecular complexity index is 630. The molecule has 22 heavy (non-hydrogen) atoms.